The summed E-state index contributed by atoms with van der Waals surface area (Å²) < 4.78 is 6.66. The van der Waals surface area contributed by atoms with E-state index < -0.39 is 5.97 Å². The van der Waals surface area contributed by atoms with Crippen LogP contribution < -0.4 is 5.56 Å². The van der Waals surface area contributed by atoms with Crippen LogP contribution in [0.25, 0.3) is 0 Å². The third-order valence-electron chi connectivity index (χ3n) is 6.76. The van der Waals surface area contributed by atoms with Crippen LogP contribution in [0.1, 0.15) is 64.5 Å². The van der Waals surface area contributed by atoms with Crippen LogP contribution in [-0.2, 0) is 24.2 Å². The summed E-state index contributed by atoms with van der Waals surface area (Å²) in [6.45, 7) is 10.7. The fourth-order valence-electron chi connectivity index (χ4n) is 4.50. The van der Waals surface area contributed by atoms with Gasteiger partial charge in [-0.05, 0) is 73.2 Å². The second-order valence-electron chi connectivity index (χ2n) is 9.09. The minimum absolute atomic E-state index is 0.0952. The molecule has 1 saturated carbocycles. The molecule has 0 bridgehead atoms. The van der Waals surface area contributed by atoms with Crippen molar-refractivity contribution in [3.05, 3.63) is 130 Å². The summed E-state index contributed by atoms with van der Waals surface area (Å²) in [6, 6.07) is 19.4. The van der Waals surface area contributed by atoms with Gasteiger partial charge in [0.15, 0.2) is 0 Å². The molecule has 5 nitrogen and oxygen atoms in total. The highest BCUT2D eigenvalue weighted by Gasteiger charge is 2.30. The van der Waals surface area contributed by atoms with Crippen molar-refractivity contribution in [1.82, 2.24) is 9.47 Å². The van der Waals surface area contributed by atoms with Crippen LogP contribution >= 0.6 is 11.6 Å². The topological polar surface area (TPSA) is 51.5 Å². The quantitative estimate of drug-likeness (QED) is 0.218. The van der Waals surface area contributed by atoms with E-state index >= 15 is 0 Å². The molecule has 0 saturated heterocycles. The SMILES string of the molecule is C=COC(=O)c1ccc(CCn2c(CN(C=C)[C@@H](C)c3ccccc3)c(C3CC3)cc(Cl)c2=O)cc1. The van der Waals surface area contributed by atoms with E-state index in [2.05, 4.69) is 37.1 Å². The Labute approximate surface area is 217 Å². The number of hydrogen-bond acceptors (Lipinski definition) is 4. The van der Waals surface area contributed by atoms with E-state index in [1.165, 1.54) is 5.56 Å². The number of aromatic nitrogens is 1. The Morgan fingerprint density at radius 1 is 1.17 bits per heavy atom. The molecule has 1 aliphatic carbocycles. The molecule has 0 radical (unpaired) electrons. The van der Waals surface area contributed by atoms with Gasteiger partial charge < -0.3 is 14.2 Å². The number of ether oxygens (including phenoxy) is 1. The highest BCUT2D eigenvalue weighted by Crippen LogP contribution is 2.42. The van der Waals surface area contributed by atoms with Gasteiger partial charge in [0.25, 0.3) is 5.56 Å². The molecular weight excluding hydrogens is 472 g/mol. The lowest BCUT2D eigenvalue weighted by Gasteiger charge is -2.30. The van der Waals surface area contributed by atoms with Crippen LogP contribution in [0.3, 0.4) is 0 Å². The first-order valence-electron chi connectivity index (χ1n) is 12.2. The van der Waals surface area contributed by atoms with Crippen LogP contribution in [0, 0.1) is 0 Å². The first-order valence-corrected chi connectivity index (χ1v) is 12.6. The summed E-state index contributed by atoms with van der Waals surface area (Å²) in [5.41, 5.74) is 4.60. The van der Waals surface area contributed by atoms with Crippen molar-refractivity contribution < 1.29 is 9.53 Å². The first-order chi connectivity index (χ1) is 17.4. The van der Waals surface area contributed by atoms with E-state index in [-0.39, 0.29) is 16.6 Å². The number of carbonyl (C=O) groups is 1. The summed E-state index contributed by atoms with van der Waals surface area (Å²) in [7, 11) is 0. The number of hydrogen-bond donors (Lipinski definition) is 0. The molecule has 1 fully saturated rings. The van der Waals surface area contributed by atoms with E-state index in [9.17, 15) is 9.59 Å². The predicted octanol–water partition coefficient (Wildman–Crippen LogP) is 6.63. The zero-order valence-electron chi connectivity index (χ0n) is 20.5. The molecule has 0 aliphatic heterocycles. The Bertz CT molecular complexity index is 1290. The van der Waals surface area contributed by atoms with Gasteiger partial charge >= 0.3 is 5.97 Å². The molecule has 186 valence electrons. The highest BCUT2D eigenvalue weighted by molar-refractivity contribution is 6.30. The average Bonchev–Trinajstić information content (AvgIpc) is 3.74. The molecule has 6 heteroatoms. The van der Waals surface area contributed by atoms with E-state index in [0.717, 1.165) is 35.9 Å². The zero-order chi connectivity index (χ0) is 25.7. The van der Waals surface area contributed by atoms with Crippen LogP contribution in [0.4, 0.5) is 0 Å². The number of rotatable bonds is 11. The summed E-state index contributed by atoms with van der Waals surface area (Å²) in [4.78, 5) is 27.3. The van der Waals surface area contributed by atoms with E-state index in [4.69, 9.17) is 16.3 Å². The number of nitrogens with zero attached hydrogens (tertiary/aromatic N) is 2. The van der Waals surface area contributed by atoms with E-state index in [1.54, 1.807) is 12.1 Å². The molecule has 3 aromatic rings. The van der Waals surface area contributed by atoms with Crippen LogP contribution in [0.2, 0.25) is 5.02 Å². The van der Waals surface area contributed by atoms with Gasteiger partial charge in [-0.3, -0.25) is 4.79 Å². The maximum absolute atomic E-state index is 13.2. The van der Waals surface area contributed by atoms with Gasteiger partial charge in [0.05, 0.1) is 24.4 Å². The van der Waals surface area contributed by atoms with Gasteiger partial charge in [-0.1, -0.05) is 67.2 Å². The monoisotopic (exact) mass is 502 g/mol. The third kappa shape index (κ3) is 5.80. The standard InChI is InChI=1S/C30H31ClN2O3/c1-4-32(21(3)23-9-7-6-8-10-23)20-28-26(24-15-16-24)19-27(31)29(34)33(28)18-17-22-11-13-25(14-12-22)30(35)36-5-2/h4-14,19,21,24H,1-2,15-18,20H2,3H3/t21-/m0/s1. The van der Waals surface area contributed by atoms with Crippen LogP contribution in [0.5, 0.6) is 0 Å². The van der Waals surface area contributed by atoms with Gasteiger partial charge in [-0.25, -0.2) is 4.79 Å². The summed E-state index contributed by atoms with van der Waals surface area (Å²) in [6.07, 6.45) is 5.79. The second kappa shape index (κ2) is 11.4. The van der Waals surface area contributed by atoms with Crippen molar-refractivity contribution in [2.24, 2.45) is 0 Å². The molecule has 4 rings (SSSR count). The molecule has 0 unspecified atom stereocenters. The van der Waals surface area contributed by atoms with Crippen molar-refractivity contribution in [1.29, 1.82) is 0 Å². The van der Waals surface area contributed by atoms with Crippen molar-refractivity contribution in [3.63, 3.8) is 0 Å². The van der Waals surface area contributed by atoms with E-state index in [1.807, 2.05) is 47.2 Å². The number of aryl methyl sites for hydroxylation is 1. The average molecular weight is 503 g/mol. The maximum atomic E-state index is 13.2. The van der Waals surface area contributed by atoms with Crippen molar-refractivity contribution >= 4 is 17.6 Å². The maximum Gasteiger partial charge on any atom is 0.342 e. The van der Waals surface area contributed by atoms with Gasteiger partial charge in [-0.15, -0.1) is 0 Å². The van der Waals surface area contributed by atoms with Crippen LogP contribution in [0.15, 0.2) is 91.1 Å². The number of carbonyl (C=O) groups excluding carboxylic acids is 1. The molecule has 0 spiro atoms. The summed E-state index contributed by atoms with van der Waals surface area (Å²) in [5, 5.41) is 0.254. The molecule has 0 N–H and O–H groups in total. The fraction of sp³-hybridized carbons (Fsp3) is 0.267. The smallest absolute Gasteiger partial charge is 0.342 e. The summed E-state index contributed by atoms with van der Waals surface area (Å²) >= 11 is 6.43. The third-order valence-corrected chi connectivity index (χ3v) is 7.03. The molecule has 0 amide bonds. The Kier molecular flexibility index (Phi) is 8.11. The van der Waals surface area contributed by atoms with Gasteiger partial charge in [-0.2, -0.15) is 0 Å². The van der Waals surface area contributed by atoms with E-state index in [0.29, 0.717) is 31.0 Å². The fourth-order valence-corrected chi connectivity index (χ4v) is 4.72. The number of benzene rings is 2. The second-order valence-corrected chi connectivity index (χ2v) is 9.49. The lowest BCUT2D eigenvalue weighted by Crippen LogP contribution is -2.31. The van der Waals surface area contributed by atoms with Crippen LogP contribution in [-0.4, -0.2) is 15.4 Å². The summed E-state index contributed by atoms with van der Waals surface area (Å²) in [5.74, 6) is -0.0192. The number of esters is 1. The minimum atomic E-state index is -0.448. The van der Waals surface area contributed by atoms with Gasteiger partial charge in [0.1, 0.15) is 5.02 Å². The minimum Gasteiger partial charge on any atom is -0.432 e. The van der Waals surface area contributed by atoms with Gasteiger partial charge in [0.2, 0.25) is 0 Å². The van der Waals surface area contributed by atoms with Gasteiger partial charge in [0, 0.05) is 12.2 Å². The number of halogens is 1. The Morgan fingerprint density at radius 2 is 1.86 bits per heavy atom. The van der Waals surface area contributed by atoms with Crippen molar-refractivity contribution in [2.45, 2.75) is 51.2 Å². The Morgan fingerprint density at radius 3 is 2.47 bits per heavy atom. The molecule has 1 aliphatic rings. The Balaban J connectivity index is 1.62. The lowest BCUT2D eigenvalue weighted by molar-refractivity contribution is 0.0664. The predicted molar refractivity (Wildman–Crippen MR) is 144 cm³/mol. The number of pyridine rings is 1. The molecule has 1 heterocycles. The van der Waals surface area contributed by atoms with Crippen molar-refractivity contribution in [3.8, 4) is 0 Å². The van der Waals surface area contributed by atoms with Crippen molar-refractivity contribution in [2.75, 3.05) is 0 Å². The Hall–Kier alpha value is -3.57. The highest BCUT2D eigenvalue weighted by atomic mass is 35.5. The first kappa shape index (κ1) is 25.5. The largest absolute Gasteiger partial charge is 0.432 e. The molecule has 1 atom stereocenters. The molecule has 2 aromatic carbocycles. The normalized spacial score (nSPS) is 13.6. The molecular formula is C30H31ClN2O3. The molecule has 1 aromatic heterocycles. The zero-order valence-corrected chi connectivity index (χ0v) is 21.3. The lowest BCUT2D eigenvalue weighted by atomic mass is 10.0. The molecule has 36 heavy (non-hydrogen) atoms.